The number of Topliss-reactive ketones (excluding diaryl/α,β-unsaturated/α-hetero) is 1. The van der Waals surface area contributed by atoms with E-state index in [0.717, 1.165) is 12.1 Å². The zero-order valence-electron chi connectivity index (χ0n) is 14.8. The molecule has 0 aliphatic rings. The Kier molecular flexibility index (Phi) is 5.46. The Morgan fingerprint density at radius 2 is 1.71 bits per heavy atom. The smallest absolute Gasteiger partial charge is 0.224 e. The van der Waals surface area contributed by atoms with Crippen LogP contribution in [0.3, 0.4) is 0 Å². The van der Waals surface area contributed by atoms with E-state index in [2.05, 4.69) is 4.98 Å². The summed E-state index contributed by atoms with van der Waals surface area (Å²) in [5.41, 5.74) is 0.853. The molecule has 0 aliphatic heterocycles. The van der Waals surface area contributed by atoms with Crippen molar-refractivity contribution in [3.8, 4) is 0 Å². The first kappa shape index (κ1) is 19.6. The third-order valence-corrected chi connectivity index (χ3v) is 5.74. The molecule has 0 atom stereocenters. The molecule has 1 aromatic heterocycles. The number of carbonyl (C=O) groups is 1. The third-order valence-electron chi connectivity index (χ3n) is 4.01. The van der Waals surface area contributed by atoms with Crippen molar-refractivity contribution < 1.29 is 22.0 Å². The topological polar surface area (TPSA) is 64.1 Å². The Balaban J connectivity index is 1.90. The SMILES string of the molecule is CC(=O)c1cccnc1S(=O)(=O)c1ccc(/C=C/c2ccc(F)cc2F)cc1. The Hall–Kier alpha value is -3.19. The average Bonchev–Trinajstić information content (AvgIpc) is 2.67. The van der Waals surface area contributed by atoms with Crippen LogP contribution in [0, 0.1) is 11.6 Å². The third kappa shape index (κ3) is 4.04. The summed E-state index contributed by atoms with van der Waals surface area (Å²) in [7, 11) is -3.97. The minimum atomic E-state index is -3.97. The maximum absolute atomic E-state index is 13.7. The molecule has 4 nitrogen and oxygen atoms in total. The lowest BCUT2D eigenvalue weighted by molar-refractivity contribution is 0.101. The van der Waals surface area contributed by atoms with Gasteiger partial charge in [-0.25, -0.2) is 22.2 Å². The number of ketones is 1. The summed E-state index contributed by atoms with van der Waals surface area (Å²) in [6.45, 7) is 1.28. The van der Waals surface area contributed by atoms with Gasteiger partial charge in [0, 0.05) is 17.8 Å². The van der Waals surface area contributed by atoms with Gasteiger partial charge in [0.2, 0.25) is 9.84 Å². The Morgan fingerprint density at radius 3 is 2.36 bits per heavy atom. The highest BCUT2D eigenvalue weighted by Gasteiger charge is 2.24. The van der Waals surface area contributed by atoms with Gasteiger partial charge in [-0.15, -0.1) is 0 Å². The van der Waals surface area contributed by atoms with Crippen LogP contribution in [0.1, 0.15) is 28.4 Å². The van der Waals surface area contributed by atoms with E-state index in [4.69, 9.17) is 0 Å². The highest BCUT2D eigenvalue weighted by Crippen LogP contribution is 2.23. The highest BCUT2D eigenvalue weighted by atomic mass is 32.2. The van der Waals surface area contributed by atoms with Crippen LogP contribution in [-0.4, -0.2) is 19.2 Å². The fourth-order valence-electron chi connectivity index (χ4n) is 2.57. The molecule has 1 heterocycles. The normalized spacial score (nSPS) is 11.7. The van der Waals surface area contributed by atoms with Gasteiger partial charge < -0.3 is 0 Å². The van der Waals surface area contributed by atoms with Crippen LogP contribution in [-0.2, 0) is 9.84 Å². The maximum Gasteiger partial charge on any atom is 0.224 e. The van der Waals surface area contributed by atoms with Gasteiger partial charge in [-0.1, -0.05) is 24.3 Å². The molecule has 28 heavy (non-hydrogen) atoms. The summed E-state index contributed by atoms with van der Waals surface area (Å²) in [6.07, 6.45) is 4.35. The van der Waals surface area contributed by atoms with E-state index in [0.29, 0.717) is 5.56 Å². The van der Waals surface area contributed by atoms with Gasteiger partial charge in [0.05, 0.1) is 10.5 Å². The van der Waals surface area contributed by atoms with Gasteiger partial charge >= 0.3 is 0 Å². The molecule has 3 aromatic rings. The van der Waals surface area contributed by atoms with Crippen molar-refractivity contribution in [1.82, 2.24) is 4.98 Å². The number of rotatable bonds is 5. The lowest BCUT2D eigenvalue weighted by Crippen LogP contribution is -2.10. The van der Waals surface area contributed by atoms with Crippen LogP contribution in [0.4, 0.5) is 8.78 Å². The zero-order valence-corrected chi connectivity index (χ0v) is 15.6. The Bertz CT molecular complexity index is 1170. The molecule has 0 saturated carbocycles. The number of nitrogens with zero attached hydrogens (tertiary/aromatic N) is 1. The summed E-state index contributed by atoms with van der Waals surface area (Å²) in [4.78, 5) is 15.6. The number of pyridine rings is 1. The molecular weight excluding hydrogens is 384 g/mol. The second kappa shape index (κ2) is 7.82. The van der Waals surface area contributed by atoms with Gasteiger partial charge in [0.25, 0.3) is 0 Å². The lowest BCUT2D eigenvalue weighted by Gasteiger charge is -2.07. The molecule has 0 saturated heterocycles. The average molecular weight is 399 g/mol. The highest BCUT2D eigenvalue weighted by molar-refractivity contribution is 7.91. The van der Waals surface area contributed by atoms with Crippen LogP contribution in [0.2, 0.25) is 0 Å². The van der Waals surface area contributed by atoms with Gasteiger partial charge in [-0.3, -0.25) is 4.79 Å². The molecule has 0 amide bonds. The number of benzene rings is 2. The van der Waals surface area contributed by atoms with Crippen LogP contribution in [0.15, 0.2) is 70.7 Å². The molecule has 0 unspecified atom stereocenters. The summed E-state index contributed by atoms with van der Waals surface area (Å²) >= 11 is 0. The van der Waals surface area contributed by atoms with E-state index >= 15 is 0 Å². The van der Waals surface area contributed by atoms with Crippen molar-refractivity contribution >= 4 is 27.8 Å². The van der Waals surface area contributed by atoms with E-state index in [1.54, 1.807) is 18.2 Å². The molecule has 0 radical (unpaired) electrons. The first-order chi connectivity index (χ1) is 13.3. The number of hydrogen-bond acceptors (Lipinski definition) is 4. The summed E-state index contributed by atoms with van der Waals surface area (Å²) in [6, 6.07) is 12.0. The summed E-state index contributed by atoms with van der Waals surface area (Å²) < 4.78 is 52.2. The number of sulfone groups is 1. The predicted molar refractivity (Wildman–Crippen MR) is 101 cm³/mol. The van der Waals surface area contributed by atoms with Crippen LogP contribution in [0.25, 0.3) is 12.2 Å². The van der Waals surface area contributed by atoms with E-state index < -0.39 is 27.3 Å². The number of hydrogen-bond donors (Lipinski definition) is 0. The Labute approximate surface area is 161 Å². The zero-order chi connectivity index (χ0) is 20.3. The largest absolute Gasteiger partial charge is 0.294 e. The van der Waals surface area contributed by atoms with Crippen molar-refractivity contribution in [1.29, 1.82) is 0 Å². The van der Waals surface area contributed by atoms with Gasteiger partial charge in [0.1, 0.15) is 11.6 Å². The molecular formula is C21H15F2NO3S. The fourth-order valence-corrected chi connectivity index (χ4v) is 3.98. The van der Waals surface area contributed by atoms with Crippen LogP contribution < -0.4 is 0 Å². The van der Waals surface area contributed by atoms with Crippen LogP contribution in [0.5, 0.6) is 0 Å². The first-order valence-corrected chi connectivity index (χ1v) is 9.71. The van der Waals surface area contributed by atoms with Crippen LogP contribution >= 0.6 is 0 Å². The summed E-state index contributed by atoms with van der Waals surface area (Å²) in [5.74, 6) is -1.75. The van der Waals surface area contributed by atoms with Crippen molar-refractivity contribution in [2.24, 2.45) is 0 Å². The second-order valence-corrected chi connectivity index (χ2v) is 7.85. The second-order valence-electron chi connectivity index (χ2n) is 5.98. The van der Waals surface area contributed by atoms with Gasteiger partial charge in [0.15, 0.2) is 10.8 Å². The number of carbonyl (C=O) groups excluding carboxylic acids is 1. The minimum Gasteiger partial charge on any atom is -0.294 e. The van der Waals surface area contributed by atoms with E-state index in [-0.39, 0.29) is 21.0 Å². The predicted octanol–water partition coefficient (Wildman–Crippen LogP) is 4.57. The standard InChI is InChI=1S/C21H15F2NO3S/c1-14(25)19-3-2-12-24-21(19)28(26,27)18-10-5-15(6-11-18)4-7-16-8-9-17(22)13-20(16)23/h2-13H,1H3/b7-4+. The quantitative estimate of drug-likeness (QED) is 0.466. The van der Waals surface area contributed by atoms with Gasteiger partial charge in [-0.2, -0.15) is 0 Å². The fraction of sp³-hybridized carbons (Fsp3) is 0.0476. The lowest BCUT2D eigenvalue weighted by atomic mass is 10.1. The summed E-state index contributed by atoms with van der Waals surface area (Å²) in [5, 5.41) is -0.292. The van der Waals surface area contributed by atoms with E-state index in [1.807, 2.05) is 0 Å². The molecule has 0 fully saturated rings. The molecule has 0 spiro atoms. The molecule has 0 aliphatic carbocycles. The first-order valence-electron chi connectivity index (χ1n) is 8.23. The Morgan fingerprint density at radius 1 is 1.00 bits per heavy atom. The van der Waals surface area contributed by atoms with Crippen molar-refractivity contribution in [2.45, 2.75) is 16.8 Å². The molecule has 3 rings (SSSR count). The molecule has 7 heteroatoms. The van der Waals surface area contributed by atoms with Gasteiger partial charge in [-0.05, 0) is 48.9 Å². The molecule has 0 N–H and O–H groups in total. The molecule has 0 bridgehead atoms. The van der Waals surface area contributed by atoms with Crippen molar-refractivity contribution in [2.75, 3.05) is 0 Å². The number of halogens is 2. The minimum absolute atomic E-state index is 0.0150. The van der Waals surface area contributed by atoms with E-state index in [1.165, 1.54) is 49.5 Å². The monoisotopic (exact) mass is 399 g/mol. The number of aromatic nitrogens is 1. The van der Waals surface area contributed by atoms with Crippen molar-refractivity contribution in [3.63, 3.8) is 0 Å². The van der Waals surface area contributed by atoms with Crippen molar-refractivity contribution in [3.05, 3.63) is 89.1 Å². The van der Waals surface area contributed by atoms with E-state index in [9.17, 15) is 22.0 Å². The molecule has 2 aromatic carbocycles. The maximum atomic E-state index is 13.7. The molecule has 142 valence electrons.